The molecule has 4 rings (SSSR count). The number of ether oxygens (including phenoxy) is 2. The molecular weight excluding hydrogens is 679 g/mol. The molecule has 1 fully saturated rings. The van der Waals surface area contributed by atoms with Crippen LogP contribution in [0.1, 0.15) is 37.4 Å². The third-order valence-electron chi connectivity index (χ3n) is 6.67. The van der Waals surface area contributed by atoms with Crippen LogP contribution in [0.15, 0.2) is 53.5 Å². The maximum atomic E-state index is 15.0. The van der Waals surface area contributed by atoms with Gasteiger partial charge in [-0.1, -0.05) is 41.1 Å². The summed E-state index contributed by atoms with van der Waals surface area (Å²) in [6.45, 7) is 2.87. The number of esters is 1. The molecule has 3 aromatic rings. The maximum absolute atomic E-state index is 15.0. The first-order chi connectivity index (χ1) is 21.4. The van der Waals surface area contributed by atoms with Gasteiger partial charge in [-0.2, -0.15) is 13.8 Å². The number of nitrogens with zero attached hydrogens (tertiary/aromatic N) is 3. The molecule has 1 aliphatic rings. The number of hydrogen-bond donors (Lipinski definition) is 3. The molecule has 3 heterocycles. The number of carbonyl (C=O) groups is 1. The fourth-order valence-electron chi connectivity index (χ4n) is 4.19. The van der Waals surface area contributed by atoms with Crippen molar-refractivity contribution in [2.75, 3.05) is 12.3 Å². The van der Waals surface area contributed by atoms with Crippen LogP contribution in [-0.4, -0.2) is 56.3 Å². The van der Waals surface area contributed by atoms with Gasteiger partial charge in [-0.3, -0.25) is 28.5 Å². The molecule has 15 nitrogen and oxygen atoms in total. The summed E-state index contributed by atoms with van der Waals surface area (Å²) in [6, 6.07) is 8.72. The molecule has 1 aromatic carbocycles. The second kappa shape index (κ2) is 13.8. The molecule has 5 atom stereocenters. The first-order valence-electron chi connectivity index (χ1n) is 13.4. The molecule has 4 N–H and O–H groups in total. The Balaban J connectivity index is 1.51. The second-order valence-corrected chi connectivity index (χ2v) is 13.8. The number of carbonyl (C=O) groups excluding carboxylic acids is 1. The summed E-state index contributed by atoms with van der Waals surface area (Å²) in [5.41, 5.74) is 3.28. The Morgan fingerprint density at radius 1 is 1.33 bits per heavy atom. The molecule has 46 heavy (non-hydrogen) atoms. The van der Waals surface area contributed by atoms with Gasteiger partial charge < -0.3 is 20.3 Å². The van der Waals surface area contributed by atoms with Crippen molar-refractivity contribution in [1.29, 1.82) is 0 Å². The standard InChI is InChI=1S/C26H29ClF2N5O10PS/c1-14(22(36)44-25(2,3)18-8-9-20(46-18)34(38)39)32-45(40,41-12-15-6-4-5-7-16(15)27)42-13-17-21(35)26(28,29)23(43-17)33-11-10-19(30)31-24(33)37/h4-11,14,17,21,23,35H,12-13H2,1-3H3,(H,32,40)(H2,30,31,37)/t14-,17+,21?,23+,45?/m0/s1. The SMILES string of the molecule is C[C@H](NP(=O)(OCc1ccccc1Cl)OC[C@H]1O[C@@H](n2ccc(N)nc2=O)C(F)(F)C1O)C(=O)OC(C)(C)c1ccc([N+](=O)[O-])s1. The van der Waals surface area contributed by atoms with Crippen LogP contribution < -0.4 is 16.5 Å². The van der Waals surface area contributed by atoms with Gasteiger partial charge in [0, 0.05) is 17.3 Å². The number of anilines is 1. The summed E-state index contributed by atoms with van der Waals surface area (Å²) in [5, 5.41) is 23.9. The molecule has 2 unspecified atom stereocenters. The normalized spacial score (nSPS) is 21.4. The van der Waals surface area contributed by atoms with Crippen molar-refractivity contribution in [2.45, 2.75) is 63.4 Å². The largest absolute Gasteiger partial charge is 0.453 e. The molecule has 2 aromatic heterocycles. The Bertz CT molecular complexity index is 1710. The predicted octanol–water partition coefficient (Wildman–Crippen LogP) is 4.14. The van der Waals surface area contributed by atoms with E-state index in [4.69, 9.17) is 35.9 Å². The Morgan fingerprint density at radius 2 is 2.02 bits per heavy atom. The van der Waals surface area contributed by atoms with Gasteiger partial charge in [0.05, 0.1) is 23.0 Å². The summed E-state index contributed by atoms with van der Waals surface area (Å²) in [4.78, 5) is 39.5. The van der Waals surface area contributed by atoms with Gasteiger partial charge in [-0.15, -0.1) is 0 Å². The third-order valence-corrected chi connectivity index (χ3v) is 10.0. The van der Waals surface area contributed by atoms with Crippen LogP contribution >= 0.6 is 30.7 Å². The van der Waals surface area contributed by atoms with Gasteiger partial charge in [-0.25, -0.2) is 14.4 Å². The fourth-order valence-corrected chi connectivity index (χ4v) is 6.70. The highest BCUT2D eigenvalue weighted by molar-refractivity contribution is 7.51. The molecule has 0 saturated carbocycles. The molecule has 20 heteroatoms. The highest BCUT2D eigenvalue weighted by atomic mass is 35.5. The van der Waals surface area contributed by atoms with Gasteiger partial charge in [0.2, 0.25) is 6.23 Å². The van der Waals surface area contributed by atoms with E-state index < -0.39 is 73.5 Å². The van der Waals surface area contributed by atoms with E-state index >= 15 is 8.78 Å². The van der Waals surface area contributed by atoms with Crippen molar-refractivity contribution in [3.8, 4) is 0 Å². The van der Waals surface area contributed by atoms with E-state index in [2.05, 4.69) is 10.1 Å². The number of benzene rings is 1. The van der Waals surface area contributed by atoms with E-state index in [1.54, 1.807) is 18.2 Å². The average Bonchev–Trinajstić information content (AvgIpc) is 3.56. The minimum absolute atomic E-state index is 0.169. The fraction of sp³-hybridized carbons (Fsp3) is 0.423. The number of thiophene rings is 1. The lowest BCUT2D eigenvalue weighted by Crippen LogP contribution is -2.42. The van der Waals surface area contributed by atoms with E-state index in [0.717, 1.165) is 23.6 Å². The smallest absolute Gasteiger partial charge is 0.406 e. The zero-order chi connectivity index (χ0) is 34.0. The number of nitrogens with two attached hydrogens (primary N) is 1. The first kappa shape index (κ1) is 35.5. The van der Waals surface area contributed by atoms with Gasteiger partial charge in [-0.05, 0) is 44.5 Å². The average molecular weight is 708 g/mol. The predicted molar refractivity (Wildman–Crippen MR) is 160 cm³/mol. The molecule has 250 valence electrons. The number of aliphatic hydroxyl groups is 1. The number of alkyl halides is 2. The Hall–Kier alpha value is -3.35. The van der Waals surface area contributed by atoms with Crippen molar-refractivity contribution in [3.63, 3.8) is 0 Å². The van der Waals surface area contributed by atoms with Crippen molar-refractivity contribution < 1.29 is 46.7 Å². The van der Waals surface area contributed by atoms with E-state index in [9.17, 15) is 29.4 Å². The lowest BCUT2D eigenvalue weighted by Gasteiger charge is -2.28. The third kappa shape index (κ3) is 7.95. The first-order valence-corrected chi connectivity index (χ1v) is 16.1. The van der Waals surface area contributed by atoms with Crippen LogP contribution in [0.4, 0.5) is 19.6 Å². The number of rotatable bonds is 13. The minimum Gasteiger partial charge on any atom is -0.453 e. The molecule has 0 aliphatic carbocycles. The van der Waals surface area contributed by atoms with Crippen LogP contribution in [0.2, 0.25) is 5.02 Å². The van der Waals surface area contributed by atoms with E-state index in [-0.39, 0.29) is 15.8 Å². The van der Waals surface area contributed by atoms with Gasteiger partial charge in [0.25, 0.3) is 0 Å². The lowest BCUT2D eigenvalue weighted by atomic mass is 10.1. The minimum atomic E-state index is -4.62. The summed E-state index contributed by atoms with van der Waals surface area (Å²) in [7, 11) is -4.62. The molecule has 1 aliphatic heterocycles. The maximum Gasteiger partial charge on any atom is 0.406 e. The van der Waals surface area contributed by atoms with Crippen LogP contribution in [0.3, 0.4) is 0 Å². The molecule has 0 radical (unpaired) electrons. The molecule has 0 amide bonds. The number of nitrogen functional groups attached to an aromatic ring is 1. The Morgan fingerprint density at radius 3 is 2.65 bits per heavy atom. The van der Waals surface area contributed by atoms with Crippen molar-refractivity contribution in [3.05, 3.63) is 84.7 Å². The highest BCUT2D eigenvalue weighted by Crippen LogP contribution is 2.49. The Kier molecular flexibility index (Phi) is 10.6. The Labute approximate surface area is 268 Å². The number of nitrogens with one attached hydrogen (secondary N) is 1. The van der Waals surface area contributed by atoms with Gasteiger partial charge in [0.1, 0.15) is 23.6 Å². The number of aliphatic hydroxyl groups excluding tert-OH is 1. The van der Waals surface area contributed by atoms with E-state index in [0.29, 0.717) is 15.0 Å². The number of aromatic nitrogens is 2. The van der Waals surface area contributed by atoms with Crippen LogP contribution in [-0.2, 0) is 40.1 Å². The number of halogens is 3. The zero-order valence-corrected chi connectivity index (χ0v) is 26.8. The van der Waals surface area contributed by atoms with Gasteiger partial charge >= 0.3 is 30.3 Å². The lowest BCUT2D eigenvalue weighted by molar-refractivity contribution is -0.380. The van der Waals surface area contributed by atoms with Crippen molar-refractivity contribution >= 4 is 47.5 Å². The molecule has 0 spiro atoms. The zero-order valence-electron chi connectivity index (χ0n) is 24.4. The number of hydrogen-bond acceptors (Lipinski definition) is 13. The quantitative estimate of drug-likeness (QED) is 0.0989. The van der Waals surface area contributed by atoms with Crippen LogP contribution in [0.5, 0.6) is 0 Å². The molecular formula is C26H29ClF2N5O10PS. The van der Waals surface area contributed by atoms with E-state index in [1.165, 1.54) is 39.0 Å². The summed E-state index contributed by atoms with van der Waals surface area (Å²) in [5.74, 6) is -5.21. The van der Waals surface area contributed by atoms with Crippen molar-refractivity contribution in [1.82, 2.24) is 14.6 Å². The molecule has 1 saturated heterocycles. The van der Waals surface area contributed by atoms with Gasteiger partial charge in [0.15, 0.2) is 6.10 Å². The topological polar surface area (TPSA) is 207 Å². The monoisotopic (exact) mass is 707 g/mol. The summed E-state index contributed by atoms with van der Waals surface area (Å²) in [6.07, 6.45) is -5.75. The van der Waals surface area contributed by atoms with Crippen LogP contribution in [0.25, 0.3) is 0 Å². The second-order valence-electron chi connectivity index (χ2n) is 10.5. The summed E-state index contributed by atoms with van der Waals surface area (Å²) >= 11 is 6.97. The highest BCUT2D eigenvalue weighted by Gasteiger charge is 2.60. The number of nitro groups is 1. The molecule has 0 bridgehead atoms. The summed E-state index contributed by atoms with van der Waals surface area (Å²) < 4.78 is 66.1. The van der Waals surface area contributed by atoms with Crippen LogP contribution in [0, 0.1) is 10.1 Å². The van der Waals surface area contributed by atoms with Crippen molar-refractivity contribution in [2.24, 2.45) is 0 Å². The van der Waals surface area contributed by atoms with E-state index in [1.807, 2.05) is 0 Å².